The molecular weight excluding hydrogens is 632 g/mol. The molecule has 0 nitrogen and oxygen atoms in total. The zero-order valence-corrected chi connectivity index (χ0v) is 22.1. The van der Waals surface area contributed by atoms with Crippen LogP contribution in [0.5, 0.6) is 0 Å². The van der Waals surface area contributed by atoms with Gasteiger partial charge in [0, 0.05) is 17.9 Å². The van der Waals surface area contributed by atoms with E-state index in [1.54, 1.807) is 0 Å². The predicted octanol–water partition coefficient (Wildman–Crippen LogP) is 9.74. The zero-order valence-electron chi connectivity index (χ0n) is 15.7. The summed E-state index contributed by atoms with van der Waals surface area (Å²) in [5, 5.41) is 0. The zero-order chi connectivity index (χ0) is 21.1. The highest BCUT2D eigenvalue weighted by atomic mass is 79.9. The molecule has 0 aromatic heterocycles. The molecule has 0 amide bonds. The monoisotopic (exact) mass is 644 g/mol. The maximum absolute atomic E-state index is 3.84. The van der Waals surface area contributed by atoms with Crippen LogP contribution in [0.25, 0.3) is 11.1 Å². The fourth-order valence-electron chi connectivity index (χ4n) is 3.46. The summed E-state index contributed by atoms with van der Waals surface area (Å²) >= 11 is 15.0. The Balaban J connectivity index is 2.17. The van der Waals surface area contributed by atoms with Crippen molar-refractivity contribution in [3.63, 3.8) is 0 Å². The van der Waals surface area contributed by atoms with E-state index in [2.05, 4.69) is 155 Å². The quantitative estimate of drug-likeness (QED) is 0.118. The van der Waals surface area contributed by atoms with E-state index in [1.807, 2.05) is 6.07 Å². The molecule has 4 aromatic carbocycles. The third-order valence-electron chi connectivity index (χ3n) is 4.81. The van der Waals surface area contributed by atoms with Gasteiger partial charge in [0.2, 0.25) is 0 Å². The lowest BCUT2D eigenvalue weighted by atomic mass is 9.86. The van der Waals surface area contributed by atoms with E-state index in [-0.39, 0.29) is 0 Å². The van der Waals surface area contributed by atoms with Crippen molar-refractivity contribution in [2.45, 2.75) is 0 Å². The molecule has 0 bridgehead atoms. The van der Waals surface area contributed by atoms with Gasteiger partial charge in [0.15, 0.2) is 0 Å². The van der Waals surface area contributed by atoms with Crippen molar-refractivity contribution < 1.29 is 0 Å². The summed E-state index contributed by atoms with van der Waals surface area (Å²) in [5.41, 5.74) is 6.94. The fraction of sp³-hybridized carbons (Fsp3) is 0. The van der Waals surface area contributed by atoms with Crippen LogP contribution in [0.4, 0.5) is 0 Å². The Labute approximate surface area is 210 Å². The molecule has 0 aliphatic rings. The van der Waals surface area contributed by atoms with Gasteiger partial charge in [-0.2, -0.15) is 0 Å². The van der Waals surface area contributed by atoms with Gasteiger partial charge in [-0.1, -0.05) is 91.0 Å². The second-order valence-corrected chi connectivity index (χ2v) is 9.93. The highest BCUT2D eigenvalue weighted by molar-refractivity contribution is 9.15. The van der Waals surface area contributed by atoms with Crippen LogP contribution >= 0.6 is 63.7 Å². The van der Waals surface area contributed by atoms with Gasteiger partial charge in [-0.3, -0.25) is 0 Å². The normalized spacial score (nSPS) is 10.7. The van der Waals surface area contributed by atoms with E-state index in [0.717, 1.165) is 34.6 Å². The van der Waals surface area contributed by atoms with Crippen molar-refractivity contribution in [1.29, 1.82) is 0 Å². The molecule has 0 unspecified atom stereocenters. The second kappa shape index (κ2) is 9.78. The highest BCUT2D eigenvalue weighted by Gasteiger charge is 2.21. The standard InChI is InChI=1S/C26H16Br4/c27-21-16-20(24(28)26(30)25(21)29)23(19-14-8-3-9-15-19)22(17-10-4-1-5-11-17)18-12-6-2-7-13-18/h1-16H. The van der Waals surface area contributed by atoms with Gasteiger partial charge in [-0.15, -0.1) is 0 Å². The first kappa shape index (κ1) is 21.8. The summed E-state index contributed by atoms with van der Waals surface area (Å²) in [6, 6.07) is 33.8. The Bertz CT molecular complexity index is 1160. The SMILES string of the molecule is Brc1cc(C(=C(c2ccccc2)c2ccccc2)c2ccccc2)c(Br)c(Br)c1Br. The van der Waals surface area contributed by atoms with Crippen LogP contribution in [-0.2, 0) is 0 Å². The summed E-state index contributed by atoms with van der Waals surface area (Å²) in [6.07, 6.45) is 0. The lowest BCUT2D eigenvalue weighted by Crippen LogP contribution is -1.99. The first-order valence-electron chi connectivity index (χ1n) is 9.32. The van der Waals surface area contributed by atoms with Crippen LogP contribution in [0.3, 0.4) is 0 Å². The molecule has 0 N–H and O–H groups in total. The maximum Gasteiger partial charge on any atom is 0.0477 e. The minimum Gasteiger partial charge on any atom is -0.0622 e. The van der Waals surface area contributed by atoms with Crippen molar-refractivity contribution >= 4 is 74.9 Å². The molecule has 148 valence electrons. The first-order valence-corrected chi connectivity index (χ1v) is 12.5. The van der Waals surface area contributed by atoms with Crippen LogP contribution in [0, 0.1) is 0 Å². The summed E-state index contributed by atoms with van der Waals surface area (Å²) in [5.74, 6) is 0. The first-order chi connectivity index (χ1) is 14.6. The molecule has 0 aliphatic carbocycles. The highest BCUT2D eigenvalue weighted by Crippen LogP contribution is 2.45. The molecule has 4 heteroatoms. The van der Waals surface area contributed by atoms with E-state index in [4.69, 9.17) is 0 Å². The van der Waals surface area contributed by atoms with Crippen LogP contribution in [0.2, 0.25) is 0 Å². The summed E-state index contributed by atoms with van der Waals surface area (Å²) in [7, 11) is 0. The third kappa shape index (κ3) is 4.43. The van der Waals surface area contributed by atoms with Crippen molar-refractivity contribution in [2.75, 3.05) is 0 Å². The van der Waals surface area contributed by atoms with Crippen LogP contribution in [0.15, 0.2) is 115 Å². The molecule has 0 radical (unpaired) electrons. The average Bonchev–Trinajstić information content (AvgIpc) is 2.80. The van der Waals surface area contributed by atoms with Gasteiger partial charge in [0.1, 0.15) is 0 Å². The minimum absolute atomic E-state index is 0.973. The molecule has 0 saturated carbocycles. The Morgan fingerprint density at radius 1 is 0.433 bits per heavy atom. The number of halogens is 4. The molecule has 30 heavy (non-hydrogen) atoms. The van der Waals surface area contributed by atoms with Crippen molar-refractivity contribution in [3.8, 4) is 0 Å². The van der Waals surface area contributed by atoms with E-state index in [1.165, 1.54) is 16.7 Å². The van der Waals surface area contributed by atoms with Crippen molar-refractivity contribution in [2.24, 2.45) is 0 Å². The largest absolute Gasteiger partial charge is 0.0622 e. The molecule has 0 heterocycles. The maximum atomic E-state index is 3.84. The van der Waals surface area contributed by atoms with E-state index in [0.29, 0.717) is 0 Å². The Kier molecular flexibility index (Phi) is 7.09. The number of rotatable bonds is 4. The molecule has 0 atom stereocenters. The van der Waals surface area contributed by atoms with Crippen molar-refractivity contribution in [3.05, 3.63) is 137 Å². The average molecular weight is 648 g/mol. The predicted molar refractivity (Wildman–Crippen MR) is 142 cm³/mol. The minimum atomic E-state index is 0.973. The molecule has 0 aliphatic heterocycles. The third-order valence-corrected chi connectivity index (χ3v) is 9.47. The Hall–Kier alpha value is -1.46. The molecule has 0 spiro atoms. The van der Waals surface area contributed by atoms with Gasteiger partial charge < -0.3 is 0 Å². The summed E-state index contributed by atoms with van der Waals surface area (Å²) in [6.45, 7) is 0. The summed E-state index contributed by atoms with van der Waals surface area (Å²) in [4.78, 5) is 0. The van der Waals surface area contributed by atoms with Crippen LogP contribution in [0.1, 0.15) is 22.3 Å². The smallest absolute Gasteiger partial charge is 0.0477 e. The van der Waals surface area contributed by atoms with Gasteiger partial charge in [0.05, 0.1) is 0 Å². The number of hydrogen-bond donors (Lipinski definition) is 0. The topological polar surface area (TPSA) is 0 Å². The Morgan fingerprint density at radius 3 is 1.27 bits per heavy atom. The number of hydrogen-bond acceptors (Lipinski definition) is 0. The van der Waals surface area contributed by atoms with Gasteiger partial charge in [-0.05, 0) is 103 Å². The van der Waals surface area contributed by atoms with Crippen molar-refractivity contribution in [1.82, 2.24) is 0 Å². The molecule has 4 rings (SSSR count). The summed E-state index contributed by atoms with van der Waals surface area (Å²) < 4.78 is 3.94. The van der Waals surface area contributed by atoms with Crippen LogP contribution in [-0.4, -0.2) is 0 Å². The van der Waals surface area contributed by atoms with Gasteiger partial charge in [-0.25, -0.2) is 0 Å². The number of benzene rings is 4. The van der Waals surface area contributed by atoms with E-state index in [9.17, 15) is 0 Å². The molecular formula is C26H16Br4. The van der Waals surface area contributed by atoms with E-state index < -0.39 is 0 Å². The Morgan fingerprint density at radius 2 is 0.833 bits per heavy atom. The molecule has 0 fully saturated rings. The van der Waals surface area contributed by atoms with Gasteiger partial charge in [0.25, 0.3) is 0 Å². The molecule has 0 saturated heterocycles. The van der Waals surface area contributed by atoms with Crippen LogP contribution < -0.4 is 0 Å². The van der Waals surface area contributed by atoms with Gasteiger partial charge >= 0.3 is 0 Å². The lowest BCUT2D eigenvalue weighted by Gasteiger charge is -2.20. The van der Waals surface area contributed by atoms with E-state index >= 15 is 0 Å². The fourth-order valence-corrected chi connectivity index (χ4v) is 5.67. The second-order valence-electron chi connectivity index (χ2n) is 6.70. The lowest BCUT2D eigenvalue weighted by molar-refractivity contribution is 1.42. The molecule has 4 aromatic rings.